The zero-order valence-corrected chi connectivity index (χ0v) is 18.3. The van der Waals surface area contributed by atoms with Crippen LogP contribution >= 0.6 is 23.6 Å². The van der Waals surface area contributed by atoms with Crippen LogP contribution in [-0.2, 0) is 17.8 Å². The molecule has 3 N–H and O–H groups in total. The molecule has 0 aliphatic carbocycles. The summed E-state index contributed by atoms with van der Waals surface area (Å²) >= 11 is 6.69. The quantitative estimate of drug-likeness (QED) is 0.309. The van der Waals surface area contributed by atoms with Crippen LogP contribution in [0.5, 0.6) is 0 Å². The molecule has 32 heavy (non-hydrogen) atoms. The number of thiophene rings is 1. The van der Waals surface area contributed by atoms with Crippen LogP contribution in [0, 0.1) is 5.82 Å². The SMILES string of the molecule is O=C(Cn1c(Cc2ccsc2)nc2ccccc2c1=O)NNC(=S)Nc1ccc(F)cc1. The summed E-state index contributed by atoms with van der Waals surface area (Å²) in [5, 5.41) is 7.31. The van der Waals surface area contributed by atoms with Gasteiger partial charge in [-0.25, -0.2) is 9.37 Å². The Morgan fingerprint density at radius 2 is 1.88 bits per heavy atom. The van der Waals surface area contributed by atoms with Gasteiger partial charge in [-0.1, -0.05) is 12.1 Å². The number of thiocarbonyl (C=S) groups is 1. The minimum absolute atomic E-state index is 0.118. The van der Waals surface area contributed by atoms with Crippen LogP contribution in [0.15, 0.2) is 70.2 Å². The Morgan fingerprint density at radius 1 is 1.09 bits per heavy atom. The highest BCUT2D eigenvalue weighted by Gasteiger charge is 2.15. The van der Waals surface area contributed by atoms with Gasteiger partial charge < -0.3 is 5.32 Å². The van der Waals surface area contributed by atoms with Crippen molar-refractivity contribution in [2.45, 2.75) is 13.0 Å². The zero-order chi connectivity index (χ0) is 22.5. The Labute approximate surface area is 191 Å². The lowest BCUT2D eigenvalue weighted by Crippen LogP contribution is -2.46. The maximum atomic E-state index is 13.1. The summed E-state index contributed by atoms with van der Waals surface area (Å²) in [6.07, 6.45) is 0.425. The van der Waals surface area contributed by atoms with Gasteiger partial charge in [-0.05, 0) is 71.0 Å². The van der Waals surface area contributed by atoms with Crippen LogP contribution in [0.3, 0.4) is 0 Å². The number of nitrogens with one attached hydrogen (secondary N) is 3. The van der Waals surface area contributed by atoms with Gasteiger partial charge in [0.05, 0.1) is 10.9 Å². The minimum Gasteiger partial charge on any atom is -0.331 e. The topological polar surface area (TPSA) is 88.0 Å². The summed E-state index contributed by atoms with van der Waals surface area (Å²) in [5.41, 5.74) is 6.92. The van der Waals surface area contributed by atoms with Crippen molar-refractivity contribution in [1.82, 2.24) is 20.4 Å². The molecule has 1 amide bonds. The van der Waals surface area contributed by atoms with Crippen LogP contribution in [-0.4, -0.2) is 20.6 Å². The minimum atomic E-state index is -0.473. The van der Waals surface area contributed by atoms with E-state index in [1.807, 2.05) is 22.9 Å². The van der Waals surface area contributed by atoms with E-state index in [9.17, 15) is 14.0 Å². The number of anilines is 1. The lowest BCUT2D eigenvalue weighted by Gasteiger charge is -2.15. The number of hydrazine groups is 1. The molecule has 0 spiro atoms. The van der Waals surface area contributed by atoms with Crippen LogP contribution in [0.2, 0.25) is 0 Å². The first-order valence-electron chi connectivity index (χ1n) is 9.60. The highest BCUT2D eigenvalue weighted by Crippen LogP contribution is 2.14. The van der Waals surface area contributed by atoms with E-state index in [2.05, 4.69) is 21.2 Å². The largest absolute Gasteiger partial charge is 0.331 e. The summed E-state index contributed by atoms with van der Waals surface area (Å²) in [5.74, 6) is -0.344. The van der Waals surface area contributed by atoms with E-state index >= 15 is 0 Å². The molecule has 0 aliphatic rings. The molecular weight excluding hydrogens is 449 g/mol. The second kappa shape index (κ2) is 9.67. The molecule has 7 nitrogen and oxygen atoms in total. The second-order valence-electron chi connectivity index (χ2n) is 6.88. The number of aromatic nitrogens is 2. The molecule has 0 atom stereocenters. The molecule has 10 heteroatoms. The lowest BCUT2D eigenvalue weighted by molar-refractivity contribution is -0.122. The van der Waals surface area contributed by atoms with Crippen molar-refractivity contribution in [3.8, 4) is 0 Å². The van der Waals surface area contributed by atoms with Crippen molar-refractivity contribution < 1.29 is 9.18 Å². The highest BCUT2D eigenvalue weighted by molar-refractivity contribution is 7.80. The molecule has 0 saturated heterocycles. The number of para-hydroxylation sites is 1. The predicted octanol–water partition coefficient (Wildman–Crippen LogP) is 3.21. The average Bonchev–Trinajstić information content (AvgIpc) is 3.30. The van der Waals surface area contributed by atoms with Crippen LogP contribution in [0.25, 0.3) is 10.9 Å². The fourth-order valence-corrected chi connectivity index (χ4v) is 3.93. The molecule has 2 heterocycles. The number of carbonyl (C=O) groups is 1. The van der Waals surface area contributed by atoms with Crippen molar-refractivity contribution in [2.75, 3.05) is 5.32 Å². The van der Waals surface area contributed by atoms with Gasteiger partial charge in [-0.3, -0.25) is 25.0 Å². The van der Waals surface area contributed by atoms with Crippen LogP contribution < -0.4 is 21.7 Å². The number of hydrogen-bond acceptors (Lipinski definition) is 5. The molecule has 4 rings (SSSR count). The number of hydrogen-bond donors (Lipinski definition) is 3. The van der Waals surface area contributed by atoms with Gasteiger partial charge in [0.25, 0.3) is 11.5 Å². The van der Waals surface area contributed by atoms with E-state index in [1.54, 1.807) is 29.5 Å². The van der Waals surface area contributed by atoms with E-state index in [0.717, 1.165) is 5.56 Å². The van der Waals surface area contributed by atoms with Gasteiger partial charge in [0.1, 0.15) is 18.2 Å². The molecule has 0 fully saturated rings. The number of fused-ring (bicyclic) bond motifs is 1. The van der Waals surface area contributed by atoms with Crippen molar-refractivity contribution in [3.63, 3.8) is 0 Å². The predicted molar refractivity (Wildman–Crippen MR) is 127 cm³/mol. The maximum Gasteiger partial charge on any atom is 0.261 e. The molecule has 0 radical (unpaired) electrons. The van der Waals surface area contributed by atoms with Crippen molar-refractivity contribution in [3.05, 3.63) is 92.9 Å². The molecule has 2 aromatic carbocycles. The Balaban J connectivity index is 1.49. The first kappa shape index (κ1) is 21.6. The Morgan fingerprint density at radius 3 is 2.62 bits per heavy atom. The smallest absolute Gasteiger partial charge is 0.261 e. The van der Waals surface area contributed by atoms with Gasteiger partial charge in [-0.2, -0.15) is 11.3 Å². The van der Waals surface area contributed by atoms with Gasteiger partial charge >= 0.3 is 0 Å². The summed E-state index contributed by atoms with van der Waals surface area (Å²) < 4.78 is 14.4. The van der Waals surface area contributed by atoms with Crippen molar-refractivity contribution in [2.24, 2.45) is 0 Å². The molecule has 0 saturated carbocycles. The summed E-state index contributed by atoms with van der Waals surface area (Å²) in [6, 6.07) is 14.6. The number of nitrogens with zero attached hydrogens (tertiary/aromatic N) is 2. The zero-order valence-electron chi connectivity index (χ0n) is 16.7. The van der Waals surface area contributed by atoms with E-state index in [0.29, 0.717) is 28.8 Å². The first-order chi connectivity index (χ1) is 15.5. The van der Waals surface area contributed by atoms with E-state index in [1.165, 1.54) is 28.8 Å². The summed E-state index contributed by atoms with van der Waals surface area (Å²) in [6.45, 7) is -0.234. The first-order valence-corrected chi connectivity index (χ1v) is 11.0. The fraction of sp³-hybridized carbons (Fsp3) is 0.0909. The van der Waals surface area contributed by atoms with E-state index < -0.39 is 5.91 Å². The Kier molecular flexibility index (Phi) is 6.52. The Bertz CT molecular complexity index is 1320. The molecule has 4 aromatic rings. The van der Waals surface area contributed by atoms with E-state index in [-0.39, 0.29) is 23.0 Å². The number of halogens is 1. The number of rotatable bonds is 5. The number of amides is 1. The molecule has 0 unspecified atom stereocenters. The molecule has 0 aliphatic heterocycles. The number of benzene rings is 2. The van der Waals surface area contributed by atoms with Crippen molar-refractivity contribution in [1.29, 1.82) is 0 Å². The van der Waals surface area contributed by atoms with Gasteiger partial charge in [0, 0.05) is 12.1 Å². The third kappa shape index (κ3) is 5.16. The summed E-state index contributed by atoms with van der Waals surface area (Å²) in [4.78, 5) is 30.3. The number of carbonyl (C=O) groups excluding carboxylic acids is 1. The molecular formula is C22H18FN5O2S2. The average molecular weight is 468 g/mol. The van der Waals surface area contributed by atoms with Crippen molar-refractivity contribution >= 4 is 51.2 Å². The van der Waals surface area contributed by atoms with Gasteiger partial charge in [-0.15, -0.1) is 0 Å². The third-order valence-corrected chi connectivity index (χ3v) is 5.54. The van der Waals surface area contributed by atoms with Gasteiger partial charge in [0.2, 0.25) is 0 Å². The van der Waals surface area contributed by atoms with Crippen LogP contribution in [0.1, 0.15) is 11.4 Å². The normalized spacial score (nSPS) is 10.7. The lowest BCUT2D eigenvalue weighted by atomic mass is 10.2. The molecule has 0 bridgehead atoms. The standard InChI is InChI=1S/C22H18FN5O2S2/c23-15-5-7-16(8-6-15)24-22(31)27-26-20(29)12-28-19(11-14-9-10-32-13-14)25-18-4-2-1-3-17(18)21(28)30/h1-10,13H,11-12H2,(H,26,29)(H2,24,27,31). The highest BCUT2D eigenvalue weighted by atomic mass is 32.1. The molecule has 162 valence electrons. The summed E-state index contributed by atoms with van der Waals surface area (Å²) in [7, 11) is 0. The second-order valence-corrected chi connectivity index (χ2v) is 8.07. The maximum absolute atomic E-state index is 13.1. The monoisotopic (exact) mass is 467 g/mol. The van der Waals surface area contributed by atoms with Crippen LogP contribution in [0.4, 0.5) is 10.1 Å². The fourth-order valence-electron chi connectivity index (χ4n) is 3.09. The van der Waals surface area contributed by atoms with Gasteiger partial charge in [0.15, 0.2) is 5.11 Å². The molecule has 2 aromatic heterocycles. The Hall–Kier alpha value is -3.63. The van der Waals surface area contributed by atoms with E-state index in [4.69, 9.17) is 12.2 Å². The third-order valence-electron chi connectivity index (χ3n) is 4.60.